The van der Waals surface area contributed by atoms with E-state index in [-0.39, 0.29) is 16.7 Å². The number of ether oxygens (including phenoxy) is 1. The number of nitrogens with zero attached hydrogens (tertiary/aromatic N) is 1. The highest BCUT2D eigenvalue weighted by Crippen LogP contribution is 2.35. The van der Waals surface area contributed by atoms with Crippen LogP contribution in [0.3, 0.4) is 0 Å². The molecule has 1 aromatic rings. The van der Waals surface area contributed by atoms with Crippen molar-refractivity contribution in [1.29, 1.82) is 0 Å². The van der Waals surface area contributed by atoms with Gasteiger partial charge in [-0.05, 0) is 43.3 Å². The number of aldehydes is 1. The lowest BCUT2D eigenvalue weighted by Crippen LogP contribution is -2.32. The van der Waals surface area contributed by atoms with E-state index in [2.05, 4.69) is 42.6 Å². The molecular formula is C22H39N3O4. The second-order valence-corrected chi connectivity index (χ2v) is 8.20. The first-order valence-electron chi connectivity index (χ1n) is 9.61. The molecule has 1 rings (SSSR count). The number of likely N-dealkylation sites (N-methyl/N-ethyl adjacent to an activating group) is 1. The lowest BCUT2D eigenvalue weighted by molar-refractivity contribution is -0.126. The second-order valence-electron chi connectivity index (χ2n) is 8.20. The molecule has 0 aliphatic rings. The van der Waals surface area contributed by atoms with Gasteiger partial charge < -0.3 is 25.5 Å². The summed E-state index contributed by atoms with van der Waals surface area (Å²) in [6.45, 7) is 15.1. The van der Waals surface area contributed by atoms with Crippen molar-refractivity contribution in [1.82, 2.24) is 10.2 Å². The molecule has 0 bridgehead atoms. The highest BCUT2D eigenvalue weighted by atomic mass is 16.5. The molecule has 7 nitrogen and oxygen atoms in total. The Bertz CT molecular complexity index is 593. The van der Waals surface area contributed by atoms with Gasteiger partial charge >= 0.3 is 0 Å². The van der Waals surface area contributed by atoms with Crippen molar-refractivity contribution in [2.24, 2.45) is 10.8 Å². The lowest BCUT2D eigenvalue weighted by atomic mass is 9.70. The van der Waals surface area contributed by atoms with Crippen LogP contribution in [-0.4, -0.2) is 57.4 Å². The first-order valence-corrected chi connectivity index (χ1v) is 9.61. The Morgan fingerprint density at radius 1 is 1.14 bits per heavy atom. The van der Waals surface area contributed by atoms with Gasteiger partial charge in [-0.1, -0.05) is 41.5 Å². The second kappa shape index (κ2) is 14.6. The minimum absolute atomic E-state index is 0.0514. The molecule has 0 saturated carbocycles. The van der Waals surface area contributed by atoms with E-state index < -0.39 is 0 Å². The predicted molar refractivity (Wildman–Crippen MR) is 119 cm³/mol. The van der Waals surface area contributed by atoms with E-state index in [0.717, 1.165) is 19.4 Å². The molecule has 0 spiro atoms. The van der Waals surface area contributed by atoms with E-state index in [9.17, 15) is 9.59 Å². The fourth-order valence-electron chi connectivity index (χ4n) is 1.43. The quantitative estimate of drug-likeness (QED) is 0.530. The summed E-state index contributed by atoms with van der Waals surface area (Å²) < 4.78 is 3.86. The molecule has 0 radical (unpaired) electrons. The van der Waals surface area contributed by atoms with Crippen LogP contribution in [0.1, 0.15) is 51.9 Å². The summed E-state index contributed by atoms with van der Waals surface area (Å²) in [6, 6.07) is 6.92. The number of hydrogen-bond acceptors (Lipinski definition) is 6. The number of nitrogens with two attached hydrogens (primary N) is 1. The Hall–Kier alpha value is -2.41. The van der Waals surface area contributed by atoms with Crippen LogP contribution >= 0.6 is 0 Å². The third-order valence-corrected chi connectivity index (χ3v) is 4.82. The third kappa shape index (κ3) is 13.4. The number of anilines is 1. The molecule has 0 aliphatic heterocycles. The van der Waals surface area contributed by atoms with Gasteiger partial charge in [-0.3, -0.25) is 9.59 Å². The van der Waals surface area contributed by atoms with Gasteiger partial charge in [0.1, 0.15) is 6.29 Å². The van der Waals surface area contributed by atoms with Gasteiger partial charge in [-0.15, -0.1) is 0 Å². The zero-order valence-corrected chi connectivity index (χ0v) is 19.2. The van der Waals surface area contributed by atoms with Crippen molar-refractivity contribution in [2.75, 3.05) is 39.5 Å². The Labute approximate surface area is 176 Å². The maximum absolute atomic E-state index is 11.7. The Morgan fingerprint density at radius 2 is 1.62 bits per heavy atom. The number of hydrogen-bond donors (Lipinski definition) is 2. The van der Waals surface area contributed by atoms with E-state index in [4.69, 9.17) is 10.5 Å². The molecule has 7 heteroatoms. The zero-order chi connectivity index (χ0) is 23.1. The van der Waals surface area contributed by atoms with Crippen molar-refractivity contribution in [3.05, 3.63) is 29.8 Å². The Morgan fingerprint density at radius 3 is 1.93 bits per heavy atom. The smallest absolute Gasteiger partial charge is 0.292 e. The van der Waals surface area contributed by atoms with E-state index in [1.807, 2.05) is 20.9 Å². The number of carbonyl (C=O) groups is 3. The van der Waals surface area contributed by atoms with E-state index in [0.29, 0.717) is 24.3 Å². The molecule has 0 unspecified atom stereocenters. The van der Waals surface area contributed by atoms with Gasteiger partial charge in [0, 0.05) is 29.8 Å². The molecule has 166 valence electrons. The summed E-state index contributed by atoms with van der Waals surface area (Å²) in [7, 11) is 3.34. The van der Waals surface area contributed by atoms with Crippen molar-refractivity contribution in [3.63, 3.8) is 0 Å². The monoisotopic (exact) mass is 409 g/mol. The van der Waals surface area contributed by atoms with Crippen molar-refractivity contribution in [2.45, 2.75) is 41.5 Å². The van der Waals surface area contributed by atoms with Gasteiger partial charge in [0.15, 0.2) is 0 Å². The van der Waals surface area contributed by atoms with Gasteiger partial charge in [0.2, 0.25) is 0 Å². The predicted octanol–water partition coefficient (Wildman–Crippen LogP) is 3.00. The van der Waals surface area contributed by atoms with Crippen LogP contribution in [0, 0.1) is 10.8 Å². The van der Waals surface area contributed by atoms with Crippen LogP contribution < -0.4 is 11.1 Å². The molecule has 0 fully saturated rings. The zero-order valence-electron chi connectivity index (χ0n) is 19.2. The number of nitrogens with one attached hydrogen (secondary N) is 1. The summed E-state index contributed by atoms with van der Waals surface area (Å²) in [4.78, 5) is 33.2. The SMILES string of the molecule is CC(C)(C)C(C)(C)C=O.CCN(C)CCNC(=O)c1ccc(N)cc1.COC=O. The number of benzene rings is 1. The minimum atomic E-state index is -0.201. The largest absolute Gasteiger partial charge is 0.471 e. The summed E-state index contributed by atoms with van der Waals surface area (Å²) in [5.74, 6) is -0.0514. The first kappa shape index (κ1) is 28.8. The van der Waals surface area contributed by atoms with Crippen LogP contribution in [0.15, 0.2) is 24.3 Å². The number of amides is 1. The van der Waals surface area contributed by atoms with Crippen LogP contribution in [0.4, 0.5) is 5.69 Å². The standard InChI is InChI=1S/C12H19N3O.C8H16O.C2H4O2/c1-3-15(2)9-8-14-12(16)10-4-6-11(13)7-5-10;1-7(2,3)8(4,5)6-9;1-4-2-3/h4-7H,3,8-9,13H2,1-2H3,(H,14,16);6H,1-5H3;2H,1H3. The first-order chi connectivity index (χ1) is 13.4. The molecule has 0 aromatic heterocycles. The lowest BCUT2D eigenvalue weighted by Gasteiger charge is -2.33. The summed E-state index contributed by atoms with van der Waals surface area (Å²) in [6.07, 6.45) is 1.02. The van der Waals surface area contributed by atoms with Crippen LogP contribution in [-0.2, 0) is 14.3 Å². The molecule has 0 saturated heterocycles. The maximum Gasteiger partial charge on any atom is 0.292 e. The molecule has 3 N–H and O–H groups in total. The third-order valence-electron chi connectivity index (χ3n) is 4.82. The minimum Gasteiger partial charge on any atom is -0.471 e. The highest BCUT2D eigenvalue weighted by molar-refractivity contribution is 5.94. The highest BCUT2D eigenvalue weighted by Gasteiger charge is 2.31. The van der Waals surface area contributed by atoms with Crippen molar-refractivity contribution < 1.29 is 19.1 Å². The van der Waals surface area contributed by atoms with Crippen molar-refractivity contribution in [3.8, 4) is 0 Å². The average molecular weight is 410 g/mol. The maximum atomic E-state index is 11.7. The molecule has 0 atom stereocenters. The topological polar surface area (TPSA) is 102 Å². The van der Waals surface area contributed by atoms with Crippen LogP contribution in [0.2, 0.25) is 0 Å². The Kier molecular flexibility index (Phi) is 14.5. The average Bonchev–Trinajstić information content (AvgIpc) is 2.68. The number of nitrogen functional groups attached to an aromatic ring is 1. The molecule has 1 amide bonds. The fourth-order valence-corrected chi connectivity index (χ4v) is 1.43. The van der Waals surface area contributed by atoms with Gasteiger partial charge in [-0.25, -0.2) is 0 Å². The van der Waals surface area contributed by atoms with Gasteiger partial charge in [0.25, 0.3) is 12.4 Å². The van der Waals surface area contributed by atoms with Gasteiger partial charge in [-0.2, -0.15) is 0 Å². The van der Waals surface area contributed by atoms with Crippen LogP contribution in [0.5, 0.6) is 0 Å². The molecule has 0 heterocycles. The van der Waals surface area contributed by atoms with Crippen molar-refractivity contribution >= 4 is 24.4 Å². The molecular weight excluding hydrogens is 370 g/mol. The van der Waals surface area contributed by atoms with E-state index >= 15 is 0 Å². The fraction of sp³-hybridized carbons (Fsp3) is 0.591. The van der Waals surface area contributed by atoms with E-state index in [1.165, 1.54) is 7.11 Å². The molecule has 29 heavy (non-hydrogen) atoms. The summed E-state index contributed by atoms with van der Waals surface area (Å²) in [5, 5.41) is 2.86. The summed E-state index contributed by atoms with van der Waals surface area (Å²) in [5.41, 5.74) is 6.74. The molecule has 1 aromatic carbocycles. The van der Waals surface area contributed by atoms with Crippen LogP contribution in [0.25, 0.3) is 0 Å². The van der Waals surface area contributed by atoms with E-state index in [1.54, 1.807) is 24.3 Å². The number of carbonyl (C=O) groups excluding carboxylic acids is 3. The number of rotatable bonds is 7. The van der Waals surface area contributed by atoms with Gasteiger partial charge in [0.05, 0.1) is 7.11 Å². The Balaban J connectivity index is 0. The summed E-state index contributed by atoms with van der Waals surface area (Å²) >= 11 is 0. The normalized spacial score (nSPS) is 10.7. The number of methoxy groups -OCH3 is 1. The molecule has 0 aliphatic carbocycles.